The van der Waals surface area contributed by atoms with Crippen LogP contribution in [0.25, 0.3) is 0 Å². The van der Waals surface area contributed by atoms with Gasteiger partial charge in [-0.25, -0.2) is 0 Å². The van der Waals surface area contributed by atoms with Crippen LogP contribution < -0.4 is 0 Å². The van der Waals surface area contributed by atoms with E-state index in [0.29, 0.717) is 17.5 Å². The Hall–Kier alpha value is -2.40. The molecule has 0 aliphatic rings. The van der Waals surface area contributed by atoms with E-state index in [9.17, 15) is 20.4 Å². The van der Waals surface area contributed by atoms with Crippen molar-refractivity contribution < 1.29 is 20.4 Å². The molecule has 136 valence electrons. The molecule has 0 aliphatic carbocycles. The topological polar surface area (TPSA) is 84.2 Å². The lowest BCUT2D eigenvalue weighted by molar-refractivity contribution is 0.171. The Morgan fingerprint density at radius 3 is 1.64 bits per heavy atom. The molecule has 0 aliphatic heterocycles. The minimum Gasteiger partial charge on any atom is -0.508 e. The number of hydrogen-bond acceptors (Lipinski definition) is 5. The van der Waals surface area contributed by atoms with E-state index in [-0.39, 0.29) is 34.5 Å². The molecule has 2 aromatic carbocycles. The van der Waals surface area contributed by atoms with Crippen LogP contribution in [-0.2, 0) is 0 Å². The third-order valence-corrected chi connectivity index (χ3v) is 4.68. The molecule has 0 radical (unpaired) electrons. The molecular weight excluding hydrogens is 318 g/mol. The second-order valence-electron chi connectivity index (χ2n) is 7.42. The third kappa shape index (κ3) is 4.57. The summed E-state index contributed by atoms with van der Waals surface area (Å²) < 4.78 is 0. The summed E-state index contributed by atoms with van der Waals surface area (Å²) in [6.07, 6.45) is 0.657. The summed E-state index contributed by atoms with van der Waals surface area (Å²) in [6.45, 7) is 7.11. The number of benzene rings is 2. The van der Waals surface area contributed by atoms with Crippen molar-refractivity contribution in [2.75, 3.05) is 13.6 Å². The molecular formula is C20H27NO4. The predicted octanol–water partition coefficient (Wildman–Crippen LogP) is 3.76. The molecule has 5 heteroatoms. The van der Waals surface area contributed by atoms with Crippen molar-refractivity contribution in [3.05, 3.63) is 47.5 Å². The number of phenolic OH excluding ortho intramolecular Hbond substituents is 4. The van der Waals surface area contributed by atoms with E-state index in [2.05, 4.69) is 25.7 Å². The molecule has 2 rings (SSSR count). The number of rotatable bonds is 5. The second kappa shape index (κ2) is 7.23. The molecule has 0 spiro atoms. The molecule has 0 saturated carbocycles. The van der Waals surface area contributed by atoms with Crippen LogP contribution in [-0.4, -0.2) is 44.5 Å². The lowest BCUT2D eigenvalue weighted by Gasteiger charge is -2.33. The summed E-state index contributed by atoms with van der Waals surface area (Å²) in [6, 6.07) is 8.97. The van der Waals surface area contributed by atoms with E-state index in [1.165, 1.54) is 24.3 Å². The van der Waals surface area contributed by atoms with Crippen LogP contribution in [0.5, 0.6) is 23.0 Å². The van der Waals surface area contributed by atoms with Gasteiger partial charge in [0.05, 0.1) is 0 Å². The summed E-state index contributed by atoms with van der Waals surface area (Å²) in [5, 5.41) is 39.7. The zero-order valence-corrected chi connectivity index (χ0v) is 15.2. The summed E-state index contributed by atoms with van der Waals surface area (Å²) in [5.41, 5.74) is 1.25. The van der Waals surface area contributed by atoms with Gasteiger partial charge in [-0.05, 0) is 52.9 Å². The minimum absolute atomic E-state index is 0.00144. The fraction of sp³-hybridized carbons (Fsp3) is 0.400. The summed E-state index contributed by atoms with van der Waals surface area (Å²) in [4.78, 5) is 2.20. The average molecular weight is 345 g/mol. The van der Waals surface area contributed by atoms with Crippen LogP contribution in [0.4, 0.5) is 0 Å². The Morgan fingerprint density at radius 1 is 0.840 bits per heavy atom. The van der Waals surface area contributed by atoms with Gasteiger partial charge in [0.2, 0.25) is 0 Å². The Balaban J connectivity index is 2.41. The van der Waals surface area contributed by atoms with Gasteiger partial charge in [-0.15, -0.1) is 0 Å². The monoisotopic (exact) mass is 345 g/mol. The first kappa shape index (κ1) is 18.9. The largest absolute Gasteiger partial charge is 0.508 e. The molecule has 0 aromatic heterocycles. The van der Waals surface area contributed by atoms with Gasteiger partial charge in [-0.3, -0.25) is 0 Å². The van der Waals surface area contributed by atoms with E-state index < -0.39 is 0 Å². The minimum atomic E-state index is -0.272. The molecule has 4 N–H and O–H groups in total. The predicted molar refractivity (Wildman–Crippen MR) is 98.4 cm³/mol. The Bertz CT molecular complexity index is 685. The first-order chi connectivity index (χ1) is 11.6. The number of hydrogen-bond donors (Lipinski definition) is 4. The highest BCUT2D eigenvalue weighted by atomic mass is 16.3. The fourth-order valence-electron chi connectivity index (χ4n) is 2.79. The summed E-state index contributed by atoms with van der Waals surface area (Å²) in [5.74, 6) is -0.332. The van der Waals surface area contributed by atoms with Crippen molar-refractivity contribution in [2.24, 2.45) is 0 Å². The molecule has 0 bridgehead atoms. The van der Waals surface area contributed by atoms with Gasteiger partial charge in [-0.2, -0.15) is 0 Å². The first-order valence-electron chi connectivity index (χ1n) is 8.34. The number of nitrogens with zero attached hydrogens (tertiary/aromatic N) is 1. The van der Waals surface area contributed by atoms with Crippen molar-refractivity contribution in [1.29, 1.82) is 0 Å². The van der Waals surface area contributed by atoms with Crippen molar-refractivity contribution in [2.45, 2.75) is 38.6 Å². The normalized spacial score (nSPS) is 12.1. The molecule has 5 nitrogen and oxygen atoms in total. The number of aromatic hydroxyl groups is 4. The highest BCUT2D eigenvalue weighted by molar-refractivity contribution is 5.50. The lowest BCUT2D eigenvalue weighted by Crippen LogP contribution is -2.39. The smallest absolute Gasteiger partial charge is 0.123 e. The van der Waals surface area contributed by atoms with Gasteiger partial charge in [0.15, 0.2) is 0 Å². The van der Waals surface area contributed by atoms with Crippen LogP contribution >= 0.6 is 0 Å². The molecule has 0 atom stereocenters. The molecule has 0 fully saturated rings. The zero-order valence-electron chi connectivity index (χ0n) is 15.2. The van der Waals surface area contributed by atoms with Gasteiger partial charge in [0.25, 0.3) is 0 Å². The van der Waals surface area contributed by atoms with Crippen LogP contribution in [0.2, 0.25) is 0 Å². The summed E-state index contributed by atoms with van der Waals surface area (Å²) in [7, 11) is 2.03. The van der Waals surface area contributed by atoms with Crippen LogP contribution in [0.1, 0.15) is 44.2 Å². The Labute approximate surface area is 148 Å². The van der Waals surface area contributed by atoms with Crippen molar-refractivity contribution >= 4 is 0 Å². The number of phenols is 4. The van der Waals surface area contributed by atoms with Gasteiger partial charge < -0.3 is 25.3 Å². The van der Waals surface area contributed by atoms with Gasteiger partial charge >= 0.3 is 0 Å². The maximum atomic E-state index is 10.3. The lowest BCUT2D eigenvalue weighted by atomic mass is 9.86. The van der Waals surface area contributed by atoms with E-state index in [1.54, 1.807) is 12.1 Å². The Kier molecular flexibility index (Phi) is 5.48. The third-order valence-electron chi connectivity index (χ3n) is 4.68. The van der Waals surface area contributed by atoms with E-state index in [1.807, 2.05) is 7.05 Å². The van der Waals surface area contributed by atoms with Crippen LogP contribution in [0.15, 0.2) is 36.4 Å². The standard InChI is InChI=1S/C20H27NO4/c1-20(2,3)21(4)10-9-15(16-7-5-13(22)11-18(16)24)17-8-6-14(23)12-19(17)25/h5-8,11-12,15,22-25H,9-10H2,1-4H3. The molecule has 0 saturated heterocycles. The summed E-state index contributed by atoms with van der Waals surface area (Å²) >= 11 is 0. The maximum Gasteiger partial charge on any atom is 0.123 e. The van der Waals surface area contributed by atoms with Crippen LogP contribution in [0, 0.1) is 0 Å². The fourth-order valence-corrected chi connectivity index (χ4v) is 2.79. The average Bonchev–Trinajstić information content (AvgIpc) is 2.49. The highest BCUT2D eigenvalue weighted by Gasteiger charge is 2.24. The van der Waals surface area contributed by atoms with Crippen LogP contribution in [0.3, 0.4) is 0 Å². The van der Waals surface area contributed by atoms with Gasteiger partial charge in [-0.1, -0.05) is 12.1 Å². The van der Waals surface area contributed by atoms with E-state index in [4.69, 9.17) is 0 Å². The molecule has 2 aromatic rings. The second-order valence-corrected chi connectivity index (χ2v) is 7.42. The molecule has 0 amide bonds. The van der Waals surface area contributed by atoms with Crippen molar-refractivity contribution in [1.82, 2.24) is 4.90 Å². The van der Waals surface area contributed by atoms with Gasteiger partial charge in [0, 0.05) is 34.7 Å². The molecule has 0 unspecified atom stereocenters. The van der Waals surface area contributed by atoms with Gasteiger partial charge in [0.1, 0.15) is 23.0 Å². The molecule has 25 heavy (non-hydrogen) atoms. The van der Waals surface area contributed by atoms with E-state index >= 15 is 0 Å². The first-order valence-corrected chi connectivity index (χ1v) is 8.34. The maximum absolute atomic E-state index is 10.3. The SMILES string of the molecule is CN(CCC(c1ccc(O)cc1O)c1ccc(O)cc1O)C(C)(C)C. The zero-order chi connectivity index (χ0) is 18.8. The van der Waals surface area contributed by atoms with Crippen molar-refractivity contribution in [3.63, 3.8) is 0 Å². The van der Waals surface area contributed by atoms with E-state index in [0.717, 1.165) is 6.54 Å². The molecule has 0 heterocycles. The highest BCUT2D eigenvalue weighted by Crippen LogP contribution is 2.40. The Morgan fingerprint density at radius 2 is 1.28 bits per heavy atom. The quantitative estimate of drug-likeness (QED) is 0.663. The van der Waals surface area contributed by atoms with Crippen molar-refractivity contribution in [3.8, 4) is 23.0 Å².